The van der Waals surface area contributed by atoms with Gasteiger partial charge in [-0.15, -0.1) is 0 Å². The lowest BCUT2D eigenvalue weighted by Crippen LogP contribution is -2.49. The van der Waals surface area contributed by atoms with E-state index in [9.17, 15) is 19.8 Å². The number of carbonyl (C=O) groups is 1. The summed E-state index contributed by atoms with van der Waals surface area (Å²) in [6, 6.07) is 0.0320. The maximum Gasteiger partial charge on any atom is 0.276 e. The molecular weight excluding hydrogens is 264 g/mol. The van der Waals surface area contributed by atoms with E-state index in [0.717, 1.165) is 19.3 Å². The molecule has 106 valence electrons. The first-order valence-electron chi connectivity index (χ1n) is 6.71. The van der Waals surface area contributed by atoms with Crippen molar-refractivity contribution in [1.29, 1.82) is 0 Å². The molecule has 1 amide bonds. The van der Waals surface area contributed by atoms with Gasteiger partial charge in [-0.2, -0.15) is 0 Å². The number of fused-ring (bicyclic) bond motifs is 4. The Morgan fingerprint density at radius 1 is 1.25 bits per heavy atom. The quantitative estimate of drug-likeness (QED) is 0.696. The predicted octanol–water partition coefficient (Wildman–Crippen LogP) is -0.00730. The summed E-state index contributed by atoms with van der Waals surface area (Å²) in [4.78, 5) is 25.8. The second kappa shape index (κ2) is 3.76. The summed E-state index contributed by atoms with van der Waals surface area (Å²) in [6.45, 7) is 0.315. The molecule has 7 nitrogen and oxygen atoms in total. The third-order valence-electron chi connectivity index (χ3n) is 4.44. The Hall–Kier alpha value is -2.02. The number of amides is 1. The molecular formula is C13H14N2O5. The van der Waals surface area contributed by atoms with Gasteiger partial charge in [0.2, 0.25) is 0 Å². The number of aromatic hydroxyl groups is 2. The number of hydrogen-bond donors (Lipinski definition) is 2. The second-order valence-corrected chi connectivity index (χ2v) is 5.53. The van der Waals surface area contributed by atoms with E-state index < -0.39 is 22.8 Å². The van der Waals surface area contributed by atoms with Crippen LogP contribution in [0.2, 0.25) is 0 Å². The van der Waals surface area contributed by atoms with Crippen LogP contribution in [0.5, 0.6) is 11.5 Å². The standard InChI is InChI=1S/C13H14N2O5/c16-7-4-14-5-9-15(6-2-1-3-8(6)20-9)13(19)10(14)12(18)11(7)17/h4,6,8-9,16,18H,1-3,5H2/t6-,8+,9?/m1/s1. The average molecular weight is 278 g/mol. The van der Waals surface area contributed by atoms with Gasteiger partial charge in [0.15, 0.2) is 23.4 Å². The largest absolute Gasteiger partial charge is 0.503 e. The average Bonchev–Trinajstić information content (AvgIpc) is 2.95. The topological polar surface area (TPSA) is 92.0 Å². The fraction of sp³-hybridized carbons (Fsp3) is 0.538. The number of pyridine rings is 1. The molecule has 0 spiro atoms. The van der Waals surface area contributed by atoms with Crippen molar-refractivity contribution in [3.63, 3.8) is 0 Å². The third-order valence-corrected chi connectivity index (χ3v) is 4.44. The molecule has 0 bridgehead atoms. The minimum Gasteiger partial charge on any atom is -0.503 e. The fourth-order valence-corrected chi connectivity index (χ4v) is 3.57. The van der Waals surface area contributed by atoms with E-state index in [1.807, 2.05) is 0 Å². The highest BCUT2D eigenvalue weighted by atomic mass is 16.5. The Labute approximate surface area is 114 Å². The highest BCUT2D eigenvalue weighted by molar-refractivity contribution is 5.96. The zero-order valence-electron chi connectivity index (χ0n) is 10.7. The Morgan fingerprint density at radius 2 is 2.05 bits per heavy atom. The van der Waals surface area contributed by atoms with Crippen LogP contribution in [0.3, 0.4) is 0 Å². The van der Waals surface area contributed by atoms with E-state index in [4.69, 9.17) is 4.74 Å². The number of nitrogens with zero attached hydrogens (tertiary/aromatic N) is 2. The summed E-state index contributed by atoms with van der Waals surface area (Å²) in [5.41, 5.74) is -0.966. The molecule has 20 heavy (non-hydrogen) atoms. The van der Waals surface area contributed by atoms with Crippen molar-refractivity contribution in [2.24, 2.45) is 0 Å². The van der Waals surface area contributed by atoms with Crippen LogP contribution >= 0.6 is 0 Å². The van der Waals surface area contributed by atoms with Crippen molar-refractivity contribution in [2.75, 3.05) is 0 Å². The first-order valence-corrected chi connectivity index (χ1v) is 6.71. The van der Waals surface area contributed by atoms with Gasteiger partial charge in [-0.05, 0) is 19.3 Å². The molecule has 4 rings (SSSR count). The van der Waals surface area contributed by atoms with E-state index in [-0.39, 0.29) is 24.1 Å². The molecule has 1 aliphatic carbocycles. The van der Waals surface area contributed by atoms with Crippen LogP contribution in [-0.2, 0) is 11.3 Å². The van der Waals surface area contributed by atoms with Crippen molar-refractivity contribution in [3.8, 4) is 11.5 Å². The molecule has 1 aromatic rings. The summed E-state index contributed by atoms with van der Waals surface area (Å²) in [5.74, 6) is -1.65. The van der Waals surface area contributed by atoms with Crippen molar-refractivity contribution < 1.29 is 19.7 Å². The maximum atomic E-state index is 12.6. The Kier molecular flexibility index (Phi) is 2.21. The van der Waals surface area contributed by atoms with Crippen LogP contribution in [0.4, 0.5) is 0 Å². The molecule has 3 atom stereocenters. The highest BCUT2D eigenvalue weighted by Gasteiger charge is 2.50. The lowest BCUT2D eigenvalue weighted by atomic mass is 10.1. The zero-order valence-corrected chi connectivity index (χ0v) is 10.7. The van der Waals surface area contributed by atoms with Crippen LogP contribution in [0.15, 0.2) is 11.0 Å². The summed E-state index contributed by atoms with van der Waals surface area (Å²) in [7, 11) is 0. The van der Waals surface area contributed by atoms with E-state index in [0.29, 0.717) is 6.54 Å². The summed E-state index contributed by atoms with van der Waals surface area (Å²) < 4.78 is 7.27. The summed E-state index contributed by atoms with van der Waals surface area (Å²) >= 11 is 0. The molecule has 1 saturated carbocycles. The summed E-state index contributed by atoms with van der Waals surface area (Å²) in [6.07, 6.45) is 3.67. The van der Waals surface area contributed by atoms with Crippen LogP contribution < -0.4 is 5.43 Å². The Morgan fingerprint density at radius 3 is 2.85 bits per heavy atom. The monoisotopic (exact) mass is 278 g/mol. The Balaban J connectivity index is 1.85. The van der Waals surface area contributed by atoms with E-state index >= 15 is 0 Å². The van der Waals surface area contributed by atoms with Gasteiger partial charge in [-0.3, -0.25) is 9.59 Å². The van der Waals surface area contributed by atoms with Gasteiger partial charge in [0.05, 0.1) is 24.9 Å². The van der Waals surface area contributed by atoms with E-state index in [1.165, 1.54) is 10.8 Å². The van der Waals surface area contributed by atoms with Gasteiger partial charge in [0.25, 0.3) is 11.3 Å². The molecule has 2 N–H and O–H groups in total. The van der Waals surface area contributed by atoms with Crippen molar-refractivity contribution in [1.82, 2.24) is 9.47 Å². The third kappa shape index (κ3) is 1.33. The van der Waals surface area contributed by atoms with Gasteiger partial charge in [-0.1, -0.05) is 0 Å². The normalized spacial score (nSPS) is 31.1. The zero-order chi connectivity index (χ0) is 14.0. The number of ether oxygens (including phenoxy) is 1. The van der Waals surface area contributed by atoms with Crippen LogP contribution in [0.1, 0.15) is 29.8 Å². The molecule has 1 unspecified atom stereocenters. The molecule has 3 heterocycles. The molecule has 3 aliphatic rings. The maximum absolute atomic E-state index is 12.6. The van der Waals surface area contributed by atoms with Gasteiger partial charge >= 0.3 is 0 Å². The van der Waals surface area contributed by atoms with E-state index in [1.54, 1.807) is 4.90 Å². The minimum absolute atomic E-state index is 0.0320. The number of carbonyl (C=O) groups excluding carboxylic acids is 1. The van der Waals surface area contributed by atoms with Crippen molar-refractivity contribution >= 4 is 5.91 Å². The van der Waals surface area contributed by atoms with Gasteiger partial charge in [-0.25, -0.2) is 0 Å². The van der Waals surface area contributed by atoms with Gasteiger partial charge in [0, 0.05) is 0 Å². The second-order valence-electron chi connectivity index (χ2n) is 5.53. The van der Waals surface area contributed by atoms with Crippen molar-refractivity contribution in [3.05, 3.63) is 22.1 Å². The lowest BCUT2D eigenvalue weighted by molar-refractivity contribution is -0.0179. The lowest BCUT2D eigenvalue weighted by Gasteiger charge is -2.34. The Bertz CT molecular complexity index is 667. The molecule has 1 aromatic heterocycles. The highest BCUT2D eigenvalue weighted by Crippen LogP contribution is 2.39. The minimum atomic E-state index is -0.911. The molecule has 2 fully saturated rings. The number of aromatic nitrogens is 1. The molecule has 7 heteroatoms. The smallest absolute Gasteiger partial charge is 0.276 e. The fourth-order valence-electron chi connectivity index (χ4n) is 3.57. The van der Waals surface area contributed by atoms with Crippen LogP contribution in [0.25, 0.3) is 0 Å². The van der Waals surface area contributed by atoms with Crippen LogP contribution in [-0.4, -0.2) is 44.0 Å². The molecule has 2 aliphatic heterocycles. The van der Waals surface area contributed by atoms with Crippen LogP contribution in [0, 0.1) is 0 Å². The predicted molar refractivity (Wildman–Crippen MR) is 66.5 cm³/mol. The molecule has 1 saturated heterocycles. The number of rotatable bonds is 0. The van der Waals surface area contributed by atoms with Gasteiger partial charge in [0.1, 0.15) is 0 Å². The molecule has 0 radical (unpaired) electrons. The number of hydrogen-bond acceptors (Lipinski definition) is 5. The first-order chi connectivity index (χ1) is 9.58. The first kappa shape index (κ1) is 11.8. The van der Waals surface area contributed by atoms with E-state index in [2.05, 4.69) is 0 Å². The molecule has 0 aromatic carbocycles. The van der Waals surface area contributed by atoms with Crippen molar-refractivity contribution in [2.45, 2.75) is 44.2 Å². The summed E-state index contributed by atoms with van der Waals surface area (Å²) in [5, 5.41) is 19.4. The van der Waals surface area contributed by atoms with Gasteiger partial charge < -0.3 is 24.4 Å². The SMILES string of the molecule is O=C1c2c(O)c(=O)c(O)cn2CC2O[C@H]3CCC[C@H]3N12.